The Morgan fingerprint density at radius 3 is 3.07 bits per heavy atom. The number of rotatable bonds is 4. The molecule has 1 heterocycles. The van der Waals surface area contributed by atoms with Crippen LogP contribution in [0.2, 0.25) is 0 Å². The number of hydrogen-bond acceptors (Lipinski definition) is 6. The third-order valence-electron chi connectivity index (χ3n) is 1.31. The van der Waals surface area contributed by atoms with Gasteiger partial charge in [-0.1, -0.05) is 5.16 Å². The summed E-state index contributed by atoms with van der Waals surface area (Å²) in [6, 6.07) is -0.246. The summed E-state index contributed by atoms with van der Waals surface area (Å²) in [5.41, 5.74) is 4.74. The van der Waals surface area contributed by atoms with Gasteiger partial charge in [0.05, 0.1) is 0 Å². The Morgan fingerprint density at radius 1 is 1.64 bits per heavy atom. The maximum Gasteiger partial charge on any atom is 0.340 e. The largest absolute Gasteiger partial charge is 0.340 e. The van der Waals surface area contributed by atoms with Crippen LogP contribution >= 0.6 is 12.6 Å². The lowest BCUT2D eigenvalue weighted by atomic mass is 10.5. The van der Waals surface area contributed by atoms with Gasteiger partial charge in [-0.3, -0.25) is 0 Å². The van der Waals surface area contributed by atoms with Crippen molar-refractivity contribution in [1.82, 2.24) is 20.9 Å². The quantitative estimate of drug-likeness (QED) is 0.414. The van der Waals surface area contributed by atoms with E-state index in [1.807, 2.05) is 0 Å². The minimum atomic E-state index is -0.390. The van der Waals surface area contributed by atoms with Crippen molar-refractivity contribution in [2.75, 3.05) is 18.2 Å². The van der Waals surface area contributed by atoms with Crippen molar-refractivity contribution in [2.24, 2.45) is 0 Å². The third kappa shape index (κ3) is 3.13. The van der Waals surface area contributed by atoms with Gasteiger partial charge in [0.15, 0.2) is 5.82 Å². The van der Waals surface area contributed by atoms with Gasteiger partial charge in [-0.15, -0.1) is 0 Å². The van der Waals surface area contributed by atoms with E-state index in [0.29, 0.717) is 18.0 Å². The van der Waals surface area contributed by atoms with Crippen molar-refractivity contribution in [3.05, 3.63) is 5.82 Å². The summed E-state index contributed by atoms with van der Waals surface area (Å²) in [5.74, 6) is 1.18. The van der Waals surface area contributed by atoms with Crippen molar-refractivity contribution >= 4 is 24.7 Å². The maximum atomic E-state index is 10.7. The van der Waals surface area contributed by atoms with Gasteiger partial charge in [0.25, 0.3) is 0 Å². The Labute approximate surface area is 86.0 Å². The Balaban J connectivity index is 2.39. The molecule has 0 bridgehead atoms. The minimum Gasteiger partial charge on any atom is -0.340 e. The van der Waals surface area contributed by atoms with E-state index in [-0.39, 0.29) is 12.0 Å². The average molecular weight is 217 g/mol. The summed E-state index contributed by atoms with van der Waals surface area (Å²) >= 11 is 4.02. The predicted molar refractivity (Wildman–Crippen MR) is 53.1 cm³/mol. The number of hydrogen-bond donors (Lipinski definition) is 4. The smallest absolute Gasteiger partial charge is 0.340 e. The van der Waals surface area contributed by atoms with Crippen molar-refractivity contribution in [3.8, 4) is 0 Å². The normalized spacial score (nSPS) is 9.57. The van der Waals surface area contributed by atoms with Crippen LogP contribution < -0.4 is 16.2 Å². The lowest BCUT2D eigenvalue weighted by Gasteiger charge is -2.01. The number of anilines is 1. The van der Waals surface area contributed by atoms with Crippen LogP contribution in [-0.4, -0.2) is 29.0 Å². The summed E-state index contributed by atoms with van der Waals surface area (Å²) in [6.07, 6.45) is 0.619. The molecule has 0 atom stereocenters. The van der Waals surface area contributed by atoms with E-state index in [4.69, 9.17) is 4.52 Å². The van der Waals surface area contributed by atoms with Gasteiger partial charge in [-0.05, 0) is 5.75 Å². The molecule has 1 aromatic rings. The van der Waals surface area contributed by atoms with Crippen molar-refractivity contribution in [2.45, 2.75) is 6.42 Å². The average Bonchev–Trinajstić information content (AvgIpc) is 2.63. The van der Waals surface area contributed by atoms with Crippen LogP contribution in [0.4, 0.5) is 10.8 Å². The number of carbonyl (C=O) groups is 1. The highest BCUT2D eigenvalue weighted by Crippen LogP contribution is 2.02. The minimum absolute atomic E-state index is 0.144. The molecule has 1 rings (SSSR count). The Morgan fingerprint density at radius 2 is 2.43 bits per heavy atom. The van der Waals surface area contributed by atoms with Gasteiger partial charge in [0.1, 0.15) is 0 Å². The molecule has 7 nitrogen and oxygen atoms in total. The van der Waals surface area contributed by atoms with Gasteiger partial charge in [-0.2, -0.15) is 17.6 Å². The van der Waals surface area contributed by atoms with Crippen molar-refractivity contribution < 1.29 is 9.32 Å². The maximum absolute atomic E-state index is 10.7. The number of carbonyl (C=O) groups excluding carboxylic acids is 1. The molecule has 0 fully saturated rings. The summed E-state index contributed by atoms with van der Waals surface area (Å²) < 4.78 is 4.76. The van der Waals surface area contributed by atoms with Crippen LogP contribution in [0, 0.1) is 0 Å². The predicted octanol–water partition coefficient (Wildman–Crippen LogP) is -0.202. The second kappa shape index (κ2) is 5.32. The summed E-state index contributed by atoms with van der Waals surface area (Å²) in [4.78, 5) is 14.7. The fraction of sp³-hybridized carbons (Fsp3) is 0.500. The van der Waals surface area contributed by atoms with Gasteiger partial charge in [-0.25, -0.2) is 15.6 Å². The van der Waals surface area contributed by atoms with Crippen LogP contribution in [0.15, 0.2) is 4.52 Å². The Hall–Kier alpha value is -1.44. The monoisotopic (exact) mass is 217 g/mol. The van der Waals surface area contributed by atoms with Crippen molar-refractivity contribution in [3.63, 3.8) is 0 Å². The standard InChI is InChI=1S/C6H11N5O2S/c1-7-5(12)9-10-6-8-4(2-3-14)11-13-6/h14H,2-3H2,1H3,(H2,7,9,12)(H,8,10,11). The van der Waals surface area contributed by atoms with E-state index in [1.54, 1.807) is 0 Å². The number of urea groups is 1. The first-order chi connectivity index (χ1) is 6.76. The Bertz CT molecular complexity index is 302. The van der Waals surface area contributed by atoms with Gasteiger partial charge < -0.3 is 9.84 Å². The first-order valence-electron chi connectivity index (χ1n) is 3.93. The number of hydrazine groups is 1. The van der Waals surface area contributed by atoms with E-state index < -0.39 is 0 Å². The second-order valence-electron chi connectivity index (χ2n) is 2.32. The Kier molecular flexibility index (Phi) is 4.05. The molecule has 0 aliphatic rings. The molecule has 3 N–H and O–H groups in total. The molecule has 1 aromatic heterocycles. The van der Waals surface area contributed by atoms with Crippen molar-refractivity contribution in [1.29, 1.82) is 0 Å². The van der Waals surface area contributed by atoms with E-state index >= 15 is 0 Å². The first-order valence-corrected chi connectivity index (χ1v) is 4.56. The van der Waals surface area contributed by atoms with Crippen LogP contribution in [0.1, 0.15) is 5.82 Å². The topological polar surface area (TPSA) is 92.1 Å². The lowest BCUT2D eigenvalue weighted by Crippen LogP contribution is -2.36. The highest BCUT2D eigenvalue weighted by molar-refractivity contribution is 7.80. The van der Waals surface area contributed by atoms with E-state index in [0.717, 1.165) is 0 Å². The molecule has 0 radical (unpaired) electrons. The number of amides is 2. The second-order valence-corrected chi connectivity index (χ2v) is 2.77. The number of aromatic nitrogens is 2. The SMILES string of the molecule is CNC(=O)NNc1nc(CCS)no1. The van der Waals surface area contributed by atoms with Crippen LogP contribution in [-0.2, 0) is 6.42 Å². The molecule has 0 aromatic carbocycles. The molecule has 0 saturated heterocycles. The van der Waals surface area contributed by atoms with Crippen LogP contribution in [0.3, 0.4) is 0 Å². The summed E-state index contributed by atoms with van der Waals surface area (Å²) in [5, 5.41) is 5.99. The number of nitrogens with zero attached hydrogens (tertiary/aromatic N) is 2. The number of aryl methyl sites for hydroxylation is 1. The molecule has 8 heteroatoms. The van der Waals surface area contributed by atoms with Crippen LogP contribution in [0.25, 0.3) is 0 Å². The summed E-state index contributed by atoms with van der Waals surface area (Å²) in [7, 11) is 1.50. The van der Waals surface area contributed by atoms with E-state index in [1.165, 1.54) is 7.05 Å². The molecule has 14 heavy (non-hydrogen) atoms. The molecular weight excluding hydrogens is 206 g/mol. The van der Waals surface area contributed by atoms with E-state index in [2.05, 4.69) is 38.9 Å². The first kappa shape index (κ1) is 10.6. The number of thiol groups is 1. The van der Waals surface area contributed by atoms with Gasteiger partial charge in [0, 0.05) is 13.5 Å². The zero-order valence-corrected chi connectivity index (χ0v) is 8.47. The van der Waals surface area contributed by atoms with Gasteiger partial charge in [0.2, 0.25) is 0 Å². The molecule has 2 amide bonds. The highest BCUT2D eigenvalue weighted by Gasteiger charge is 2.05. The highest BCUT2D eigenvalue weighted by atomic mass is 32.1. The van der Waals surface area contributed by atoms with Crippen LogP contribution in [0.5, 0.6) is 0 Å². The molecule has 0 aliphatic heterocycles. The molecular formula is C6H11N5O2S. The zero-order chi connectivity index (χ0) is 10.4. The number of nitrogens with one attached hydrogen (secondary N) is 3. The molecule has 0 aliphatic carbocycles. The molecule has 0 unspecified atom stereocenters. The third-order valence-corrected chi connectivity index (χ3v) is 1.54. The molecule has 0 saturated carbocycles. The van der Waals surface area contributed by atoms with E-state index in [9.17, 15) is 4.79 Å². The fourth-order valence-corrected chi connectivity index (χ4v) is 0.879. The zero-order valence-electron chi connectivity index (χ0n) is 7.57. The molecule has 0 spiro atoms. The lowest BCUT2D eigenvalue weighted by molar-refractivity contribution is 0.244. The molecule has 78 valence electrons. The summed E-state index contributed by atoms with van der Waals surface area (Å²) in [6.45, 7) is 0. The van der Waals surface area contributed by atoms with Gasteiger partial charge >= 0.3 is 12.0 Å². The fourth-order valence-electron chi connectivity index (χ4n) is 0.679.